The maximum atomic E-state index is 5.32. The van der Waals surface area contributed by atoms with Crippen LogP contribution in [0, 0.1) is 11.8 Å². The first-order valence-electron chi connectivity index (χ1n) is 18.7. The van der Waals surface area contributed by atoms with Crippen LogP contribution in [0.25, 0.3) is 76.7 Å². The van der Waals surface area contributed by atoms with Crippen molar-refractivity contribution in [3.05, 3.63) is 210 Å². The van der Waals surface area contributed by atoms with Crippen LogP contribution >= 0.6 is 0 Å². The van der Waals surface area contributed by atoms with Crippen molar-refractivity contribution < 1.29 is 0 Å². The minimum Gasteiger partial charge on any atom is -0.254 e. The van der Waals surface area contributed by atoms with Crippen LogP contribution in [0.2, 0.25) is 0 Å². The SMILES string of the molecule is C1=CC2=C(c3cccc(-c4nc5ccccc5c5c4ccc4ccccc45)c3)C=CC3=CC=C4C(c5ccnc6c5ccc5cccnc56)=CC=C1C4C32. The van der Waals surface area contributed by atoms with Crippen molar-refractivity contribution >= 4 is 65.4 Å². The van der Waals surface area contributed by atoms with Gasteiger partial charge in [0.05, 0.1) is 22.2 Å². The zero-order valence-corrected chi connectivity index (χ0v) is 29.2. The number of rotatable bonds is 3. The van der Waals surface area contributed by atoms with E-state index in [1.165, 1.54) is 71.5 Å². The Kier molecular flexibility index (Phi) is 6.17. The minimum atomic E-state index is 0.231. The number of pyridine rings is 3. The van der Waals surface area contributed by atoms with Crippen LogP contribution in [0.1, 0.15) is 11.1 Å². The summed E-state index contributed by atoms with van der Waals surface area (Å²) in [6.07, 6.45) is 22.5. The second kappa shape index (κ2) is 11.3. The van der Waals surface area contributed by atoms with Crippen molar-refractivity contribution in [3.8, 4) is 11.3 Å². The Bertz CT molecular complexity index is 3200. The Balaban J connectivity index is 0.990. The van der Waals surface area contributed by atoms with Gasteiger partial charge in [0.1, 0.15) is 0 Å². The Labute approximate surface area is 312 Å². The normalized spacial score (nSPS) is 18.6. The molecule has 3 aromatic heterocycles. The summed E-state index contributed by atoms with van der Waals surface area (Å²) >= 11 is 0. The second-order valence-corrected chi connectivity index (χ2v) is 14.7. The lowest BCUT2D eigenvalue weighted by Crippen LogP contribution is -2.30. The van der Waals surface area contributed by atoms with Gasteiger partial charge in [-0.2, -0.15) is 0 Å². The molecule has 4 aliphatic carbocycles. The van der Waals surface area contributed by atoms with E-state index in [4.69, 9.17) is 15.0 Å². The Morgan fingerprint density at radius 3 is 2.24 bits per heavy atom. The lowest BCUT2D eigenvalue weighted by molar-refractivity contribution is 0.569. The first-order valence-corrected chi connectivity index (χ1v) is 18.7. The number of allylic oxidation sites excluding steroid dienone is 14. The maximum absolute atomic E-state index is 5.32. The van der Waals surface area contributed by atoms with Crippen molar-refractivity contribution in [1.29, 1.82) is 0 Å². The molecule has 2 atom stereocenters. The van der Waals surface area contributed by atoms with E-state index in [-0.39, 0.29) is 11.8 Å². The second-order valence-electron chi connectivity index (χ2n) is 14.7. The van der Waals surface area contributed by atoms with E-state index >= 15 is 0 Å². The van der Waals surface area contributed by atoms with Gasteiger partial charge in [-0.15, -0.1) is 0 Å². The molecule has 0 bridgehead atoms. The van der Waals surface area contributed by atoms with Crippen LogP contribution in [-0.4, -0.2) is 15.0 Å². The summed E-state index contributed by atoms with van der Waals surface area (Å²) in [5, 5.41) is 8.36. The van der Waals surface area contributed by atoms with Gasteiger partial charge in [0.2, 0.25) is 0 Å². The van der Waals surface area contributed by atoms with Gasteiger partial charge in [-0.25, -0.2) is 4.98 Å². The number of hydrogen-bond acceptors (Lipinski definition) is 3. The van der Waals surface area contributed by atoms with Gasteiger partial charge in [0.25, 0.3) is 0 Å². The van der Waals surface area contributed by atoms with E-state index in [9.17, 15) is 0 Å². The van der Waals surface area contributed by atoms with E-state index in [0.717, 1.165) is 38.6 Å². The van der Waals surface area contributed by atoms with Crippen LogP contribution in [0.5, 0.6) is 0 Å². The standard InChI is InChI=1S/C51H31N3/c1-2-11-37-30(7-1)14-25-44-48(37)43-12-3-4-13-45(43)54-49(44)35-9-5-8-34(29-35)36-20-15-31-18-23-41-38(21-16-32-17-22-40(36)46(31)47(32)41)39-26-28-53-51-42(39)24-19-33-10-6-27-52-50(33)51/h1-29,46-47H. The van der Waals surface area contributed by atoms with Gasteiger partial charge in [-0.3, -0.25) is 9.97 Å². The molecule has 8 aromatic rings. The summed E-state index contributed by atoms with van der Waals surface area (Å²) in [7, 11) is 0. The van der Waals surface area contributed by atoms with E-state index in [1.807, 2.05) is 18.5 Å². The van der Waals surface area contributed by atoms with Crippen LogP contribution in [-0.2, 0) is 0 Å². The van der Waals surface area contributed by atoms with Crippen molar-refractivity contribution in [2.45, 2.75) is 0 Å². The zero-order chi connectivity index (χ0) is 35.3. The molecule has 0 spiro atoms. The van der Waals surface area contributed by atoms with E-state index < -0.39 is 0 Å². The van der Waals surface area contributed by atoms with Crippen LogP contribution in [0.15, 0.2) is 199 Å². The van der Waals surface area contributed by atoms with Gasteiger partial charge in [-0.05, 0) is 79.6 Å². The van der Waals surface area contributed by atoms with Crippen LogP contribution in [0.3, 0.4) is 0 Å². The highest BCUT2D eigenvalue weighted by atomic mass is 14.7. The summed E-state index contributed by atoms with van der Waals surface area (Å²) in [4.78, 5) is 14.9. The molecule has 3 heteroatoms. The number of para-hydroxylation sites is 1. The van der Waals surface area contributed by atoms with Crippen molar-refractivity contribution in [2.24, 2.45) is 11.8 Å². The third-order valence-corrected chi connectivity index (χ3v) is 11.9. The Hall–Kier alpha value is -6.97. The first-order chi connectivity index (χ1) is 26.8. The molecule has 0 aliphatic heterocycles. The van der Waals surface area contributed by atoms with Gasteiger partial charge in [-0.1, -0.05) is 140 Å². The molecular weight excluding hydrogens is 655 g/mol. The highest BCUT2D eigenvalue weighted by Crippen LogP contribution is 2.54. The molecule has 3 nitrogen and oxygen atoms in total. The summed E-state index contributed by atoms with van der Waals surface area (Å²) in [5.41, 5.74) is 15.4. The van der Waals surface area contributed by atoms with Gasteiger partial charge in [0, 0.05) is 56.7 Å². The molecule has 0 N–H and O–H groups in total. The number of benzene rings is 5. The van der Waals surface area contributed by atoms with Crippen molar-refractivity contribution in [3.63, 3.8) is 0 Å². The van der Waals surface area contributed by atoms with Crippen LogP contribution < -0.4 is 0 Å². The van der Waals surface area contributed by atoms with Gasteiger partial charge in [0.15, 0.2) is 0 Å². The fourth-order valence-electron chi connectivity index (χ4n) is 9.55. The van der Waals surface area contributed by atoms with E-state index in [0.29, 0.717) is 0 Å². The Morgan fingerprint density at radius 2 is 1.26 bits per heavy atom. The third kappa shape index (κ3) is 4.21. The summed E-state index contributed by atoms with van der Waals surface area (Å²) in [6.45, 7) is 0. The monoisotopic (exact) mass is 685 g/mol. The smallest absolute Gasteiger partial charge is 0.0970 e. The molecule has 0 fully saturated rings. The molecule has 250 valence electrons. The van der Waals surface area contributed by atoms with Gasteiger partial charge >= 0.3 is 0 Å². The summed E-state index contributed by atoms with van der Waals surface area (Å²) in [6, 6.07) is 41.4. The molecule has 4 aliphatic rings. The largest absolute Gasteiger partial charge is 0.254 e. The highest BCUT2D eigenvalue weighted by molar-refractivity contribution is 6.22. The average molecular weight is 686 g/mol. The fraction of sp³-hybridized carbons (Fsp3) is 0.0392. The lowest BCUT2D eigenvalue weighted by Gasteiger charge is -2.42. The third-order valence-electron chi connectivity index (χ3n) is 11.9. The maximum Gasteiger partial charge on any atom is 0.0970 e. The predicted molar refractivity (Wildman–Crippen MR) is 224 cm³/mol. The molecule has 0 saturated heterocycles. The summed E-state index contributed by atoms with van der Waals surface area (Å²) < 4.78 is 0. The molecule has 3 heterocycles. The first kappa shape index (κ1) is 29.6. The van der Waals surface area contributed by atoms with E-state index in [2.05, 4.69) is 158 Å². The molecule has 5 aromatic carbocycles. The lowest BCUT2D eigenvalue weighted by atomic mass is 9.61. The molecule has 12 rings (SSSR count). The van der Waals surface area contributed by atoms with Crippen molar-refractivity contribution in [1.82, 2.24) is 15.0 Å². The summed E-state index contributed by atoms with van der Waals surface area (Å²) in [5.74, 6) is 0.463. The Morgan fingerprint density at radius 1 is 0.481 bits per heavy atom. The number of aromatic nitrogens is 3. The minimum absolute atomic E-state index is 0.231. The molecule has 54 heavy (non-hydrogen) atoms. The molecular formula is C51H31N3. The number of nitrogens with zero attached hydrogens (tertiary/aromatic N) is 3. The van der Waals surface area contributed by atoms with Crippen LogP contribution in [0.4, 0.5) is 0 Å². The number of hydrogen-bond donors (Lipinski definition) is 0. The molecule has 2 unspecified atom stereocenters. The fourth-order valence-corrected chi connectivity index (χ4v) is 9.55. The molecule has 0 saturated carbocycles. The average Bonchev–Trinajstić information content (AvgIpc) is 3.24. The molecule has 0 radical (unpaired) electrons. The zero-order valence-electron chi connectivity index (χ0n) is 29.2. The van der Waals surface area contributed by atoms with Crippen molar-refractivity contribution in [2.75, 3.05) is 0 Å². The van der Waals surface area contributed by atoms with E-state index in [1.54, 1.807) is 0 Å². The topological polar surface area (TPSA) is 38.7 Å². The highest BCUT2D eigenvalue weighted by Gasteiger charge is 2.40. The predicted octanol–water partition coefficient (Wildman–Crippen LogP) is 12.3. The van der Waals surface area contributed by atoms with Gasteiger partial charge < -0.3 is 0 Å². The quantitative estimate of drug-likeness (QED) is 0.174. The number of fused-ring (bicyclic) bond motifs is 8. The molecule has 0 amide bonds.